The van der Waals surface area contributed by atoms with Gasteiger partial charge in [-0.1, -0.05) is 19.1 Å². The van der Waals surface area contributed by atoms with Crippen LogP contribution < -0.4 is 0 Å². The van der Waals surface area contributed by atoms with E-state index in [4.69, 9.17) is 0 Å². The van der Waals surface area contributed by atoms with Crippen molar-refractivity contribution >= 4 is 5.91 Å². The summed E-state index contributed by atoms with van der Waals surface area (Å²) >= 11 is 0. The molecule has 2 rings (SSSR count). The van der Waals surface area contributed by atoms with Gasteiger partial charge in [-0.2, -0.15) is 5.21 Å². The van der Waals surface area contributed by atoms with Crippen molar-refractivity contribution in [2.24, 2.45) is 0 Å². The Morgan fingerprint density at radius 3 is 2.50 bits per heavy atom. The summed E-state index contributed by atoms with van der Waals surface area (Å²) in [5.74, 6) is 1.27. The van der Waals surface area contributed by atoms with Crippen LogP contribution >= 0.6 is 0 Å². The van der Waals surface area contributed by atoms with E-state index in [2.05, 4.69) is 20.6 Å². The van der Waals surface area contributed by atoms with Gasteiger partial charge < -0.3 is 4.90 Å². The van der Waals surface area contributed by atoms with Crippen LogP contribution in [0.4, 0.5) is 0 Å². The van der Waals surface area contributed by atoms with E-state index in [1.54, 1.807) is 6.92 Å². The first-order valence-electron chi connectivity index (χ1n) is 5.76. The van der Waals surface area contributed by atoms with Crippen LogP contribution in [-0.4, -0.2) is 44.5 Å². The minimum atomic E-state index is 0. The summed E-state index contributed by atoms with van der Waals surface area (Å²) in [5.41, 5.74) is 0. The van der Waals surface area contributed by atoms with Gasteiger partial charge in [0, 0.05) is 27.4 Å². The van der Waals surface area contributed by atoms with Gasteiger partial charge >= 0.3 is 0 Å². The molecule has 1 aromatic heterocycles. The van der Waals surface area contributed by atoms with Gasteiger partial charge in [0.25, 0.3) is 0 Å². The van der Waals surface area contributed by atoms with Crippen LogP contribution in [0.1, 0.15) is 46.8 Å². The molecule has 1 fully saturated rings. The number of amides is 1. The van der Waals surface area contributed by atoms with Crippen molar-refractivity contribution in [3.63, 3.8) is 0 Å². The quantitative estimate of drug-likeness (QED) is 0.782. The molecule has 0 aromatic carbocycles. The van der Waals surface area contributed by atoms with E-state index in [-0.39, 0.29) is 7.33 Å². The molecule has 92 valence electrons. The zero-order valence-corrected chi connectivity index (χ0v) is 10.1. The highest BCUT2D eigenvalue weighted by molar-refractivity contribution is 5.73. The van der Waals surface area contributed by atoms with Crippen molar-refractivity contribution in [1.82, 2.24) is 25.5 Å². The summed E-state index contributed by atoms with van der Waals surface area (Å²) < 4.78 is 0. The first kappa shape index (κ1) is 12.6. The van der Waals surface area contributed by atoms with E-state index in [0.29, 0.717) is 5.92 Å². The summed E-state index contributed by atoms with van der Waals surface area (Å²) in [7, 11) is 0. The third-order valence-electron chi connectivity index (χ3n) is 2.67. The van der Waals surface area contributed by atoms with E-state index >= 15 is 0 Å². The third-order valence-corrected chi connectivity index (χ3v) is 2.67. The molecule has 0 aliphatic carbocycles. The maximum absolute atomic E-state index is 11.1. The standard InChI is InChI=1S/C8H13N5O.C2H6.H2/c1-6(14)13-4-2-7(3-5-13)8-9-11-12-10-8;1-2;/h7H,2-5H2,1H3,(H,9,10,11,12);1-2H3;1H. The molecule has 1 N–H and O–H groups in total. The Bertz CT molecular complexity index is 309. The molecule has 1 aliphatic rings. The van der Waals surface area contributed by atoms with E-state index < -0.39 is 0 Å². The van der Waals surface area contributed by atoms with Crippen LogP contribution in [0.3, 0.4) is 0 Å². The Morgan fingerprint density at radius 2 is 2.06 bits per heavy atom. The number of carbonyl (C=O) groups is 1. The average Bonchev–Trinajstić information content (AvgIpc) is 2.85. The maximum atomic E-state index is 11.1. The molecule has 0 radical (unpaired) electrons. The molecule has 1 amide bonds. The lowest BCUT2D eigenvalue weighted by atomic mass is 9.96. The van der Waals surface area contributed by atoms with Gasteiger partial charge in [0.15, 0.2) is 5.82 Å². The normalized spacial score (nSPS) is 16.6. The number of tetrazole rings is 1. The Labute approximate surface area is 96.9 Å². The van der Waals surface area contributed by atoms with Crippen molar-refractivity contribution in [2.45, 2.75) is 39.5 Å². The molecule has 1 aliphatic heterocycles. The first-order valence-corrected chi connectivity index (χ1v) is 5.76. The van der Waals surface area contributed by atoms with Crippen LogP contribution in [0.5, 0.6) is 0 Å². The lowest BCUT2D eigenvalue weighted by Crippen LogP contribution is -2.36. The highest BCUT2D eigenvalue weighted by atomic mass is 16.2. The second-order valence-corrected chi connectivity index (χ2v) is 3.55. The summed E-state index contributed by atoms with van der Waals surface area (Å²) in [6, 6.07) is 0. The Balaban J connectivity index is 0.000000811. The van der Waals surface area contributed by atoms with Gasteiger partial charge in [0.05, 0.1) is 0 Å². The number of likely N-dealkylation sites (tertiary alicyclic amines) is 1. The summed E-state index contributed by atoms with van der Waals surface area (Å²) in [4.78, 5) is 12.9. The average molecular weight is 227 g/mol. The van der Waals surface area contributed by atoms with Crippen molar-refractivity contribution in [3.05, 3.63) is 5.82 Å². The smallest absolute Gasteiger partial charge is 0.219 e. The van der Waals surface area contributed by atoms with Crippen LogP contribution in [0.2, 0.25) is 0 Å². The number of aromatic amines is 1. The predicted molar refractivity (Wildman–Crippen MR) is 61.9 cm³/mol. The van der Waals surface area contributed by atoms with Gasteiger partial charge in [-0.25, -0.2) is 0 Å². The fraction of sp³-hybridized carbons (Fsp3) is 0.800. The number of nitrogens with zero attached hydrogens (tertiary/aromatic N) is 4. The largest absolute Gasteiger partial charge is 0.343 e. The molecule has 6 nitrogen and oxygen atoms in total. The highest BCUT2D eigenvalue weighted by Gasteiger charge is 2.24. The van der Waals surface area contributed by atoms with Crippen molar-refractivity contribution < 1.29 is 6.22 Å². The maximum Gasteiger partial charge on any atom is 0.219 e. The third kappa shape index (κ3) is 3.01. The monoisotopic (exact) mass is 227 g/mol. The fourth-order valence-electron chi connectivity index (χ4n) is 1.80. The molecular weight excluding hydrogens is 206 g/mol. The summed E-state index contributed by atoms with van der Waals surface area (Å²) in [6.07, 6.45) is 1.86. The lowest BCUT2D eigenvalue weighted by Gasteiger charge is -2.29. The van der Waals surface area contributed by atoms with Crippen LogP contribution in [0.15, 0.2) is 0 Å². The molecule has 6 heteroatoms. The van der Waals surface area contributed by atoms with Gasteiger partial charge in [-0.3, -0.25) is 4.79 Å². The van der Waals surface area contributed by atoms with Gasteiger partial charge in [-0.05, 0) is 12.8 Å². The number of hydrogen-bond donors (Lipinski definition) is 1. The molecule has 0 unspecified atom stereocenters. The molecule has 0 atom stereocenters. The number of piperidine rings is 1. The molecule has 1 aromatic rings. The number of carbonyl (C=O) groups excluding carboxylic acids is 1. The predicted octanol–water partition coefficient (Wildman–Crippen LogP) is 1.20. The van der Waals surface area contributed by atoms with Gasteiger partial charge in [0.1, 0.15) is 0 Å². The minimum absolute atomic E-state index is 0. The molecule has 0 bridgehead atoms. The first-order chi connectivity index (χ1) is 7.77. The van der Waals surface area contributed by atoms with Crippen LogP contribution in [0, 0.1) is 0 Å². The molecule has 16 heavy (non-hydrogen) atoms. The van der Waals surface area contributed by atoms with E-state index in [0.717, 1.165) is 31.8 Å². The van der Waals surface area contributed by atoms with E-state index in [1.807, 2.05) is 18.7 Å². The van der Waals surface area contributed by atoms with Crippen molar-refractivity contribution in [3.8, 4) is 0 Å². The Morgan fingerprint density at radius 1 is 1.44 bits per heavy atom. The molecular formula is C10H21N5O. The summed E-state index contributed by atoms with van der Waals surface area (Å²) in [6.45, 7) is 7.21. The van der Waals surface area contributed by atoms with Gasteiger partial charge in [-0.15, -0.1) is 10.2 Å². The van der Waals surface area contributed by atoms with Crippen molar-refractivity contribution in [1.29, 1.82) is 0 Å². The number of rotatable bonds is 1. The number of H-pyrrole nitrogens is 1. The zero-order chi connectivity index (χ0) is 12.0. The minimum Gasteiger partial charge on any atom is -0.343 e. The van der Waals surface area contributed by atoms with Crippen LogP contribution in [0.25, 0.3) is 0 Å². The number of nitrogens with one attached hydrogen (secondary N) is 1. The summed E-state index contributed by atoms with van der Waals surface area (Å²) in [5, 5.41) is 13.9. The Hall–Kier alpha value is -1.46. The van der Waals surface area contributed by atoms with E-state index in [1.165, 1.54) is 0 Å². The van der Waals surface area contributed by atoms with Crippen molar-refractivity contribution in [2.75, 3.05) is 13.1 Å². The molecule has 0 saturated carbocycles. The lowest BCUT2D eigenvalue weighted by molar-refractivity contribution is -0.129. The zero-order valence-electron chi connectivity index (χ0n) is 10.1. The van der Waals surface area contributed by atoms with E-state index in [9.17, 15) is 4.79 Å². The van der Waals surface area contributed by atoms with Gasteiger partial charge in [0.2, 0.25) is 5.91 Å². The molecule has 0 spiro atoms. The van der Waals surface area contributed by atoms with Crippen LogP contribution in [-0.2, 0) is 4.79 Å². The molecule has 1 saturated heterocycles. The topological polar surface area (TPSA) is 74.8 Å². The second kappa shape index (κ2) is 6.19. The SMILES string of the molecule is CC.CC(=O)N1CCC(c2nn[nH]n2)CC1.[HH]. The second-order valence-electron chi connectivity index (χ2n) is 3.55. The fourth-order valence-corrected chi connectivity index (χ4v) is 1.80. The highest BCUT2D eigenvalue weighted by Crippen LogP contribution is 2.24. The Kier molecular flexibility index (Phi) is 4.88. The molecule has 2 heterocycles. The number of hydrogen-bond acceptors (Lipinski definition) is 4. The number of aromatic nitrogens is 4.